The second kappa shape index (κ2) is 6.35. The molecule has 4 nitrogen and oxygen atoms in total. The molecule has 0 saturated carbocycles. The fraction of sp³-hybridized carbons (Fsp3) is 0.929. The summed E-state index contributed by atoms with van der Waals surface area (Å²) >= 11 is 2.00. The standard InChI is InChI=1S/C14H27N3OS/c1-14(7-5-9-19-14)11-15-13(18)17-8-4-6-12(10-17)16(2)3/h12H,4-11H2,1-3H3,(H,15,18). The van der Waals surface area contributed by atoms with Crippen LogP contribution in [0.1, 0.15) is 32.6 Å². The highest BCUT2D eigenvalue weighted by molar-refractivity contribution is 8.00. The first-order valence-corrected chi connectivity index (χ1v) is 8.32. The molecule has 2 rings (SSSR count). The highest BCUT2D eigenvalue weighted by Crippen LogP contribution is 2.36. The van der Waals surface area contributed by atoms with Crippen molar-refractivity contribution in [2.45, 2.75) is 43.4 Å². The number of amides is 2. The second-order valence-corrected chi connectivity index (χ2v) is 7.95. The van der Waals surface area contributed by atoms with Crippen LogP contribution in [0.25, 0.3) is 0 Å². The van der Waals surface area contributed by atoms with E-state index in [0.717, 1.165) is 26.1 Å². The van der Waals surface area contributed by atoms with E-state index in [2.05, 4.69) is 31.2 Å². The molecule has 0 aliphatic carbocycles. The van der Waals surface area contributed by atoms with E-state index in [1.54, 1.807) is 0 Å². The van der Waals surface area contributed by atoms with Crippen LogP contribution in [-0.4, -0.2) is 66.1 Å². The predicted molar refractivity (Wildman–Crippen MR) is 81.8 cm³/mol. The summed E-state index contributed by atoms with van der Waals surface area (Å²) in [4.78, 5) is 16.5. The van der Waals surface area contributed by atoms with Gasteiger partial charge in [0.25, 0.3) is 0 Å². The number of nitrogens with one attached hydrogen (secondary N) is 1. The van der Waals surface area contributed by atoms with E-state index in [0.29, 0.717) is 6.04 Å². The molecular formula is C14H27N3OS. The molecule has 0 spiro atoms. The minimum absolute atomic E-state index is 0.125. The number of urea groups is 1. The average molecular weight is 285 g/mol. The Hall–Kier alpha value is -0.420. The molecule has 1 N–H and O–H groups in total. The Kier molecular flexibility index (Phi) is 5.01. The van der Waals surface area contributed by atoms with Gasteiger partial charge in [-0.2, -0.15) is 11.8 Å². The lowest BCUT2D eigenvalue weighted by Crippen LogP contribution is -2.52. The Labute approximate surface area is 121 Å². The molecule has 2 saturated heterocycles. The van der Waals surface area contributed by atoms with E-state index < -0.39 is 0 Å². The maximum Gasteiger partial charge on any atom is 0.317 e. The molecule has 2 fully saturated rings. The fourth-order valence-corrected chi connectivity index (χ4v) is 4.16. The molecule has 0 radical (unpaired) electrons. The first-order valence-electron chi connectivity index (χ1n) is 7.33. The smallest absolute Gasteiger partial charge is 0.317 e. The maximum atomic E-state index is 12.3. The highest BCUT2D eigenvalue weighted by atomic mass is 32.2. The second-order valence-electron chi connectivity index (χ2n) is 6.27. The summed E-state index contributed by atoms with van der Waals surface area (Å²) < 4.78 is 0.256. The zero-order valence-electron chi connectivity index (χ0n) is 12.4. The van der Waals surface area contributed by atoms with Crippen molar-refractivity contribution in [3.05, 3.63) is 0 Å². The number of carbonyl (C=O) groups excluding carboxylic acids is 1. The molecule has 2 aliphatic rings. The number of carbonyl (C=O) groups is 1. The van der Waals surface area contributed by atoms with Crippen LogP contribution in [0.15, 0.2) is 0 Å². The first kappa shape index (κ1) is 15.0. The largest absolute Gasteiger partial charge is 0.337 e. The van der Waals surface area contributed by atoms with Crippen molar-refractivity contribution in [1.82, 2.24) is 15.1 Å². The third-order valence-corrected chi connectivity index (χ3v) is 5.87. The van der Waals surface area contributed by atoms with Crippen molar-refractivity contribution in [2.75, 3.05) is 39.5 Å². The van der Waals surface area contributed by atoms with Crippen LogP contribution in [0.2, 0.25) is 0 Å². The monoisotopic (exact) mass is 285 g/mol. The summed E-state index contributed by atoms with van der Waals surface area (Å²) in [5, 5.41) is 3.14. The van der Waals surface area contributed by atoms with Gasteiger partial charge in [0, 0.05) is 30.4 Å². The van der Waals surface area contributed by atoms with Crippen LogP contribution < -0.4 is 5.32 Å². The molecule has 2 unspecified atom stereocenters. The minimum atomic E-state index is 0.125. The summed E-state index contributed by atoms with van der Waals surface area (Å²) in [7, 11) is 4.20. The van der Waals surface area contributed by atoms with Gasteiger partial charge in [-0.3, -0.25) is 0 Å². The number of likely N-dealkylation sites (tertiary alicyclic amines) is 1. The van der Waals surface area contributed by atoms with Crippen LogP contribution in [-0.2, 0) is 0 Å². The Morgan fingerprint density at radius 1 is 1.47 bits per heavy atom. The van der Waals surface area contributed by atoms with Gasteiger partial charge in [-0.05, 0) is 52.5 Å². The van der Waals surface area contributed by atoms with Crippen LogP contribution in [0.3, 0.4) is 0 Å². The van der Waals surface area contributed by atoms with Crippen molar-refractivity contribution in [3.8, 4) is 0 Å². The van der Waals surface area contributed by atoms with Gasteiger partial charge in [0.05, 0.1) is 0 Å². The Balaban J connectivity index is 1.79. The van der Waals surface area contributed by atoms with Gasteiger partial charge in [0.1, 0.15) is 0 Å². The number of likely N-dealkylation sites (N-methyl/N-ethyl adjacent to an activating group) is 1. The first-order chi connectivity index (χ1) is 9.00. The number of thioether (sulfide) groups is 1. The van der Waals surface area contributed by atoms with Gasteiger partial charge in [-0.15, -0.1) is 0 Å². The van der Waals surface area contributed by atoms with E-state index >= 15 is 0 Å². The van der Waals surface area contributed by atoms with Gasteiger partial charge in [0.15, 0.2) is 0 Å². The van der Waals surface area contributed by atoms with Crippen molar-refractivity contribution >= 4 is 17.8 Å². The van der Waals surface area contributed by atoms with E-state index in [4.69, 9.17) is 0 Å². The maximum absolute atomic E-state index is 12.3. The van der Waals surface area contributed by atoms with Gasteiger partial charge >= 0.3 is 6.03 Å². The zero-order chi connectivity index (χ0) is 13.9. The number of piperidine rings is 1. The van der Waals surface area contributed by atoms with Gasteiger partial charge in [0.2, 0.25) is 0 Å². The SMILES string of the molecule is CN(C)C1CCCN(C(=O)NCC2(C)CCCS2)C1. The van der Waals surface area contributed by atoms with Crippen LogP contribution >= 0.6 is 11.8 Å². The van der Waals surface area contributed by atoms with Crippen LogP contribution in [0.5, 0.6) is 0 Å². The summed E-state index contributed by atoms with van der Waals surface area (Å²) in [6, 6.07) is 0.635. The van der Waals surface area contributed by atoms with Gasteiger partial charge in [-0.1, -0.05) is 0 Å². The topological polar surface area (TPSA) is 35.6 Å². The lowest BCUT2D eigenvalue weighted by molar-refractivity contribution is 0.139. The Morgan fingerprint density at radius 2 is 2.26 bits per heavy atom. The summed E-state index contributed by atoms with van der Waals surface area (Å²) in [5.74, 6) is 1.23. The minimum Gasteiger partial charge on any atom is -0.337 e. The Morgan fingerprint density at radius 3 is 2.89 bits per heavy atom. The lowest BCUT2D eigenvalue weighted by atomic mass is 10.0. The quantitative estimate of drug-likeness (QED) is 0.861. The van der Waals surface area contributed by atoms with Crippen LogP contribution in [0.4, 0.5) is 4.79 Å². The molecule has 19 heavy (non-hydrogen) atoms. The molecule has 0 bridgehead atoms. The number of rotatable bonds is 3. The van der Waals surface area contributed by atoms with Crippen molar-refractivity contribution in [1.29, 1.82) is 0 Å². The normalized spacial score (nSPS) is 31.8. The molecule has 2 amide bonds. The third-order valence-electron chi connectivity index (χ3n) is 4.33. The third kappa shape index (κ3) is 4.02. The molecule has 2 heterocycles. The van der Waals surface area contributed by atoms with Crippen molar-refractivity contribution in [3.63, 3.8) is 0 Å². The molecule has 0 aromatic carbocycles. The Bertz CT molecular complexity index is 316. The van der Waals surface area contributed by atoms with Crippen molar-refractivity contribution < 1.29 is 4.79 Å². The summed E-state index contributed by atoms with van der Waals surface area (Å²) in [5.41, 5.74) is 0. The molecule has 2 atom stereocenters. The van der Waals surface area contributed by atoms with E-state index in [9.17, 15) is 4.79 Å². The van der Waals surface area contributed by atoms with E-state index in [1.165, 1.54) is 25.0 Å². The summed E-state index contributed by atoms with van der Waals surface area (Å²) in [6.45, 7) is 4.84. The number of hydrogen-bond donors (Lipinski definition) is 1. The fourth-order valence-electron chi connectivity index (χ4n) is 2.91. The van der Waals surface area contributed by atoms with E-state index in [-0.39, 0.29) is 10.8 Å². The van der Waals surface area contributed by atoms with E-state index in [1.807, 2.05) is 16.7 Å². The average Bonchev–Trinajstić information content (AvgIpc) is 2.83. The molecule has 0 aromatic heterocycles. The molecular weight excluding hydrogens is 258 g/mol. The summed E-state index contributed by atoms with van der Waals surface area (Å²) in [6.07, 6.45) is 4.81. The highest BCUT2D eigenvalue weighted by Gasteiger charge is 2.31. The van der Waals surface area contributed by atoms with Gasteiger partial charge < -0.3 is 15.1 Å². The lowest BCUT2D eigenvalue weighted by Gasteiger charge is -2.36. The zero-order valence-corrected chi connectivity index (χ0v) is 13.3. The molecule has 110 valence electrons. The van der Waals surface area contributed by atoms with Gasteiger partial charge in [-0.25, -0.2) is 4.79 Å². The molecule has 0 aromatic rings. The molecule has 2 aliphatic heterocycles. The number of nitrogens with zero attached hydrogens (tertiary/aromatic N) is 2. The predicted octanol–water partition coefficient (Wildman–Crippen LogP) is 2.01. The number of hydrogen-bond acceptors (Lipinski definition) is 3. The van der Waals surface area contributed by atoms with Crippen molar-refractivity contribution in [2.24, 2.45) is 0 Å². The molecule has 5 heteroatoms. The van der Waals surface area contributed by atoms with Crippen LogP contribution in [0, 0.1) is 0 Å².